The second kappa shape index (κ2) is 4.33. The van der Waals surface area contributed by atoms with E-state index >= 15 is 0 Å². The first-order valence-electron chi connectivity index (χ1n) is 8.00. The highest BCUT2D eigenvalue weighted by molar-refractivity contribution is 9.10. The number of hydrogen-bond donors (Lipinski definition) is 1. The molecule has 2 heteroatoms. The topological polar surface area (TPSA) is 12.0 Å². The first-order chi connectivity index (χ1) is 9.54. The van der Waals surface area contributed by atoms with Gasteiger partial charge < -0.3 is 5.32 Å². The number of halogens is 1. The largest absolute Gasteiger partial charge is 0.314 e. The lowest BCUT2D eigenvalue weighted by molar-refractivity contribution is -0.0376. The van der Waals surface area contributed by atoms with E-state index in [1.165, 1.54) is 48.6 Å². The summed E-state index contributed by atoms with van der Waals surface area (Å²) in [5.74, 6) is 1.89. The van der Waals surface area contributed by atoms with Crippen molar-refractivity contribution in [3.05, 3.63) is 33.8 Å². The fraction of sp³-hybridized carbons (Fsp3) is 0.667. The van der Waals surface area contributed by atoms with Crippen LogP contribution in [0.1, 0.15) is 49.7 Å². The zero-order valence-corrected chi connectivity index (χ0v) is 14.1. The zero-order valence-electron chi connectivity index (χ0n) is 12.5. The lowest BCUT2D eigenvalue weighted by Crippen LogP contribution is -2.62. The summed E-state index contributed by atoms with van der Waals surface area (Å²) in [7, 11) is 2.19. The van der Waals surface area contributed by atoms with E-state index in [0.29, 0.717) is 11.0 Å². The summed E-state index contributed by atoms with van der Waals surface area (Å²) >= 11 is 3.69. The van der Waals surface area contributed by atoms with Crippen LogP contribution >= 0.6 is 15.9 Å². The molecule has 0 spiro atoms. The van der Waals surface area contributed by atoms with Gasteiger partial charge in [-0.3, -0.25) is 0 Å². The molecule has 0 heterocycles. The van der Waals surface area contributed by atoms with Crippen molar-refractivity contribution >= 4 is 15.9 Å². The standard InChI is InChI=1S/C18H24BrN/c1-12-3-4-15(19)6-16(12)17-7-13-5-14(8-17)10-18(9-13,11-17)20-2/h3-4,6,13-14,20H,5,7-11H2,1-2H3. The normalized spacial score (nSPS) is 42.1. The van der Waals surface area contributed by atoms with Gasteiger partial charge in [0.05, 0.1) is 0 Å². The Labute approximate surface area is 130 Å². The van der Waals surface area contributed by atoms with Crippen molar-refractivity contribution in [1.29, 1.82) is 0 Å². The Morgan fingerprint density at radius 2 is 1.85 bits per heavy atom. The number of nitrogens with one attached hydrogen (secondary N) is 1. The predicted molar refractivity (Wildman–Crippen MR) is 87.0 cm³/mol. The molecule has 20 heavy (non-hydrogen) atoms. The quantitative estimate of drug-likeness (QED) is 0.836. The van der Waals surface area contributed by atoms with E-state index in [1.807, 2.05) is 0 Å². The molecule has 2 atom stereocenters. The molecule has 0 aromatic heterocycles. The van der Waals surface area contributed by atoms with Gasteiger partial charge in [-0.2, -0.15) is 0 Å². The van der Waals surface area contributed by atoms with Gasteiger partial charge in [0.1, 0.15) is 0 Å². The van der Waals surface area contributed by atoms with Gasteiger partial charge in [-0.1, -0.05) is 22.0 Å². The Morgan fingerprint density at radius 1 is 1.15 bits per heavy atom. The fourth-order valence-corrected chi connectivity index (χ4v) is 6.40. The third kappa shape index (κ3) is 1.84. The maximum atomic E-state index is 3.73. The molecule has 1 N–H and O–H groups in total. The molecule has 108 valence electrons. The van der Waals surface area contributed by atoms with Crippen LogP contribution in [-0.2, 0) is 5.41 Å². The molecule has 0 radical (unpaired) electrons. The van der Waals surface area contributed by atoms with E-state index in [1.54, 1.807) is 5.56 Å². The third-order valence-electron chi connectivity index (χ3n) is 6.36. The van der Waals surface area contributed by atoms with Crippen molar-refractivity contribution < 1.29 is 0 Å². The van der Waals surface area contributed by atoms with Crippen molar-refractivity contribution in [2.75, 3.05) is 7.05 Å². The summed E-state index contributed by atoms with van der Waals surface area (Å²) in [6.07, 6.45) is 8.50. The Bertz CT molecular complexity index is 536. The second-order valence-corrected chi connectivity index (χ2v) is 8.65. The van der Waals surface area contributed by atoms with Gasteiger partial charge in [0.15, 0.2) is 0 Å². The molecule has 1 nitrogen and oxygen atoms in total. The second-order valence-electron chi connectivity index (χ2n) is 7.73. The molecule has 4 aliphatic carbocycles. The minimum atomic E-state index is 0.429. The number of hydrogen-bond acceptors (Lipinski definition) is 1. The molecule has 4 bridgehead atoms. The van der Waals surface area contributed by atoms with E-state index < -0.39 is 0 Å². The number of aryl methyl sites for hydroxylation is 1. The van der Waals surface area contributed by atoms with Gasteiger partial charge in [-0.25, -0.2) is 0 Å². The summed E-state index contributed by atoms with van der Waals surface area (Å²) in [6.45, 7) is 2.30. The van der Waals surface area contributed by atoms with Gasteiger partial charge in [0, 0.05) is 10.0 Å². The van der Waals surface area contributed by atoms with Crippen LogP contribution in [0.25, 0.3) is 0 Å². The highest BCUT2D eigenvalue weighted by Crippen LogP contribution is 2.62. The van der Waals surface area contributed by atoms with Crippen molar-refractivity contribution in [3.8, 4) is 0 Å². The van der Waals surface area contributed by atoms with Crippen LogP contribution in [0.3, 0.4) is 0 Å². The van der Waals surface area contributed by atoms with Crippen LogP contribution in [0.15, 0.2) is 22.7 Å². The maximum Gasteiger partial charge on any atom is 0.0192 e. The van der Waals surface area contributed by atoms with Crippen LogP contribution in [0.2, 0.25) is 0 Å². The zero-order chi connectivity index (χ0) is 14.0. The van der Waals surface area contributed by atoms with E-state index in [4.69, 9.17) is 0 Å². The molecule has 4 fully saturated rings. The van der Waals surface area contributed by atoms with Crippen LogP contribution in [0.5, 0.6) is 0 Å². The summed E-state index contributed by atoms with van der Waals surface area (Å²) in [5.41, 5.74) is 3.99. The lowest BCUT2D eigenvalue weighted by Gasteiger charge is -2.62. The van der Waals surface area contributed by atoms with Gasteiger partial charge in [0.25, 0.3) is 0 Å². The van der Waals surface area contributed by atoms with Crippen LogP contribution in [-0.4, -0.2) is 12.6 Å². The molecule has 0 aliphatic heterocycles. The number of benzene rings is 1. The molecule has 5 rings (SSSR count). The minimum absolute atomic E-state index is 0.429. The highest BCUT2D eigenvalue weighted by Gasteiger charge is 2.57. The average Bonchev–Trinajstić information content (AvgIpc) is 2.40. The van der Waals surface area contributed by atoms with Gasteiger partial charge in [0.2, 0.25) is 0 Å². The maximum absolute atomic E-state index is 3.73. The molecule has 0 saturated heterocycles. The Morgan fingerprint density at radius 3 is 2.50 bits per heavy atom. The molecule has 4 saturated carbocycles. The van der Waals surface area contributed by atoms with Crippen molar-refractivity contribution in [2.24, 2.45) is 11.8 Å². The van der Waals surface area contributed by atoms with E-state index in [0.717, 1.165) is 11.8 Å². The third-order valence-corrected chi connectivity index (χ3v) is 6.86. The smallest absolute Gasteiger partial charge is 0.0192 e. The molecule has 1 aromatic carbocycles. The van der Waals surface area contributed by atoms with Crippen LogP contribution in [0.4, 0.5) is 0 Å². The van der Waals surface area contributed by atoms with Gasteiger partial charge in [-0.15, -0.1) is 0 Å². The number of rotatable bonds is 2. The Kier molecular flexibility index (Phi) is 2.89. The molecule has 4 aliphatic rings. The van der Waals surface area contributed by atoms with Crippen LogP contribution in [0, 0.1) is 18.8 Å². The van der Waals surface area contributed by atoms with E-state index in [2.05, 4.69) is 53.4 Å². The molecule has 1 aromatic rings. The summed E-state index contributed by atoms with van der Waals surface area (Å²) in [4.78, 5) is 0. The van der Waals surface area contributed by atoms with Crippen molar-refractivity contribution in [3.63, 3.8) is 0 Å². The highest BCUT2D eigenvalue weighted by atomic mass is 79.9. The molecular formula is C18H24BrN. The predicted octanol–water partition coefficient (Wildman–Crippen LogP) is 4.57. The first-order valence-corrected chi connectivity index (χ1v) is 8.79. The minimum Gasteiger partial charge on any atom is -0.314 e. The molecule has 0 amide bonds. The monoisotopic (exact) mass is 333 g/mol. The SMILES string of the molecule is CNC12CC3CC(C1)CC(c1cc(Br)ccc1C)(C3)C2. The van der Waals surface area contributed by atoms with Gasteiger partial charge in [-0.05, 0) is 93.0 Å². The lowest BCUT2D eigenvalue weighted by atomic mass is 9.45. The van der Waals surface area contributed by atoms with Crippen molar-refractivity contribution in [2.45, 2.75) is 56.4 Å². The first kappa shape index (κ1) is 13.3. The Balaban J connectivity index is 1.82. The summed E-state index contributed by atoms with van der Waals surface area (Å²) in [5, 5.41) is 3.73. The Hall–Kier alpha value is -0.340. The van der Waals surface area contributed by atoms with Gasteiger partial charge >= 0.3 is 0 Å². The van der Waals surface area contributed by atoms with E-state index in [-0.39, 0.29) is 0 Å². The van der Waals surface area contributed by atoms with E-state index in [9.17, 15) is 0 Å². The molecular weight excluding hydrogens is 310 g/mol. The summed E-state index contributed by atoms with van der Waals surface area (Å²) < 4.78 is 1.24. The average molecular weight is 334 g/mol. The van der Waals surface area contributed by atoms with Crippen molar-refractivity contribution in [1.82, 2.24) is 5.32 Å². The molecule has 2 unspecified atom stereocenters. The fourth-order valence-electron chi connectivity index (χ4n) is 6.04. The summed E-state index contributed by atoms with van der Waals surface area (Å²) in [6, 6.07) is 6.89. The van der Waals surface area contributed by atoms with Crippen LogP contribution < -0.4 is 5.32 Å².